The second-order valence-electron chi connectivity index (χ2n) is 5.90. The van der Waals surface area contributed by atoms with Crippen molar-refractivity contribution in [3.8, 4) is 16.6 Å². The molecule has 0 aromatic carbocycles. The third-order valence-corrected chi connectivity index (χ3v) is 5.30. The number of halogens is 3. The molecule has 132 valence electrons. The highest BCUT2D eigenvalue weighted by atomic mass is 32.1. The Morgan fingerprint density at radius 1 is 1.36 bits per heavy atom. The summed E-state index contributed by atoms with van der Waals surface area (Å²) in [5.41, 5.74) is -0.635. The number of nitrogens with zero attached hydrogens (tertiary/aromatic N) is 4. The molecule has 0 aliphatic carbocycles. The Morgan fingerprint density at radius 3 is 2.60 bits per heavy atom. The number of rotatable bonds is 2. The zero-order chi connectivity index (χ0) is 18.2. The Balaban J connectivity index is 1.77. The first-order chi connectivity index (χ1) is 11.8. The van der Waals surface area contributed by atoms with Gasteiger partial charge in [-0.1, -0.05) is 0 Å². The minimum atomic E-state index is -4.47. The van der Waals surface area contributed by atoms with Crippen LogP contribution in [0.4, 0.5) is 13.2 Å². The number of aromatic nitrogens is 2. The fourth-order valence-corrected chi connectivity index (χ4v) is 3.74. The first-order valence-electron chi connectivity index (χ1n) is 7.70. The first-order valence-corrected chi connectivity index (χ1v) is 8.51. The highest BCUT2D eigenvalue weighted by molar-refractivity contribution is 7.17. The summed E-state index contributed by atoms with van der Waals surface area (Å²) in [5, 5.41) is 12.8. The third-order valence-electron chi connectivity index (χ3n) is 4.20. The molecule has 2 aromatic rings. The number of thiophene rings is 1. The highest BCUT2D eigenvalue weighted by Crippen LogP contribution is 2.34. The molecule has 1 saturated heterocycles. The van der Waals surface area contributed by atoms with Crippen molar-refractivity contribution in [1.82, 2.24) is 14.7 Å². The second kappa shape index (κ2) is 6.52. The highest BCUT2D eigenvalue weighted by Gasteiger charge is 2.35. The molecule has 1 fully saturated rings. The summed E-state index contributed by atoms with van der Waals surface area (Å²) < 4.78 is 39.4. The van der Waals surface area contributed by atoms with Gasteiger partial charge in [-0.05, 0) is 31.0 Å². The van der Waals surface area contributed by atoms with Crippen molar-refractivity contribution >= 4 is 17.2 Å². The Hall–Kier alpha value is -2.34. The molecule has 0 radical (unpaired) electrons. The van der Waals surface area contributed by atoms with Gasteiger partial charge in [0.15, 0.2) is 0 Å². The van der Waals surface area contributed by atoms with Gasteiger partial charge in [0, 0.05) is 26.1 Å². The number of amides is 1. The monoisotopic (exact) mass is 368 g/mol. The number of alkyl halides is 3. The molecule has 0 saturated carbocycles. The van der Waals surface area contributed by atoms with Crippen LogP contribution in [0.15, 0.2) is 18.2 Å². The molecule has 0 unspecified atom stereocenters. The minimum absolute atomic E-state index is 0.0164. The van der Waals surface area contributed by atoms with E-state index in [0.29, 0.717) is 35.7 Å². The predicted molar refractivity (Wildman–Crippen MR) is 85.8 cm³/mol. The van der Waals surface area contributed by atoms with Crippen molar-refractivity contribution in [3.63, 3.8) is 0 Å². The van der Waals surface area contributed by atoms with Gasteiger partial charge < -0.3 is 4.90 Å². The van der Waals surface area contributed by atoms with Gasteiger partial charge in [0.2, 0.25) is 0 Å². The van der Waals surface area contributed by atoms with Gasteiger partial charge in [-0.25, -0.2) is 0 Å². The van der Waals surface area contributed by atoms with Gasteiger partial charge in [-0.3, -0.25) is 9.48 Å². The molecule has 1 amide bonds. The number of likely N-dealkylation sites (tertiary alicyclic amines) is 1. The number of carbonyl (C=O) groups excluding carboxylic acids is 1. The van der Waals surface area contributed by atoms with E-state index in [1.807, 2.05) is 0 Å². The van der Waals surface area contributed by atoms with Gasteiger partial charge in [0.1, 0.15) is 11.4 Å². The van der Waals surface area contributed by atoms with E-state index in [9.17, 15) is 18.0 Å². The molecule has 0 spiro atoms. The van der Waals surface area contributed by atoms with Crippen molar-refractivity contribution in [2.24, 2.45) is 13.0 Å². The maximum absolute atomic E-state index is 12.9. The summed E-state index contributed by atoms with van der Waals surface area (Å²) in [4.78, 5) is 15.2. The number of nitriles is 1. The van der Waals surface area contributed by atoms with E-state index < -0.39 is 11.9 Å². The summed E-state index contributed by atoms with van der Waals surface area (Å²) in [6.07, 6.45) is -3.17. The van der Waals surface area contributed by atoms with E-state index in [0.717, 1.165) is 22.1 Å². The van der Waals surface area contributed by atoms with E-state index in [1.54, 1.807) is 17.0 Å². The van der Waals surface area contributed by atoms with E-state index in [2.05, 4.69) is 11.2 Å². The van der Waals surface area contributed by atoms with Gasteiger partial charge in [-0.2, -0.15) is 23.5 Å². The number of hydrogen-bond acceptors (Lipinski definition) is 4. The zero-order valence-electron chi connectivity index (χ0n) is 13.4. The quantitative estimate of drug-likeness (QED) is 0.815. The molecule has 9 heteroatoms. The maximum atomic E-state index is 12.9. The zero-order valence-corrected chi connectivity index (χ0v) is 14.2. The molecule has 0 bridgehead atoms. The lowest BCUT2D eigenvalue weighted by Gasteiger charge is -2.28. The molecule has 1 aliphatic heterocycles. The molecule has 2 aromatic heterocycles. The second-order valence-corrected chi connectivity index (χ2v) is 6.98. The fraction of sp³-hybridized carbons (Fsp3) is 0.438. The maximum Gasteiger partial charge on any atom is 0.433 e. The number of hydrogen-bond donors (Lipinski definition) is 0. The van der Waals surface area contributed by atoms with E-state index in [4.69, 9.17) is 5.26 Å². The van der Waals surface area contributed by atoms with Crippen LogP contribution in [0.25, 0.3) is 10.6 Å². The van der Waals surface area contributed by atoms with Gasteiger partial charge >= 0.3 is 6.18 Å². The number of piperidine rings is 1. The van der Waals surface area contributed by atoms with E-state index >= 15 is 0 Å². The number of aryl methyl sites for hydroxylation is 1. The van der Waals surface area contributed by atoms with Gasteiger partial charge in [-0.15, -0.1) is 11.3 Å². The first kappa shape index (κ1) is 17.5. The molecule has 0 N–H and O–H groups in total. The van der Waals surface area contributed by atoms with E-state index in [1.165, 1.54) is 7.05 Å². The SMILES string of the molecule is Cn1nc(-c2ccc(C(=O)N3CCC(C#N)CC3)s2)cc1C(F)(F)F. The van der Waals surface area contributed by atoms with Crippen LogP contribution in [0, 0.1) is 17.2 Å². The standard InChI is InChI=1S/C16H15F3N4OS/c1-22-14(16(17,18)19)8-11(21-22)12-2-3-13(25-12)15(24)23-6-4-10(9-20)5-7-23/h2-3,8,10H,4-7H2,1H3. The Labute approximate surface area is 146 Å². The largest absolute Gasteiger partial charge is 0.433 e. The Morgan fingerprint density at radius 2 is 2.04 bits per heavy atom. The summed E-state index contributed by atoms with van der Waals surface area (Å²) in [6, 6.07) is 6.42. The van der Waals surface area contributed by atoms with Crippen LogP contribution in [0.1, 0.15) is 28.2 Å². The van der Waals surface area contributed by atoms with E-state index in [-0.39, 0.29) is 17.5 Å². The lowest BCUT2D eigenvalue weighted by Crippen LogP contribution is -2.37. The molecule has 3 rings (SSSR count). The summed E-state index contributed by atoms with van der Waals surface area (Å²) in [6.45, 7) is 1.04. The minimum Gasteiger partial charge on any atom is -0.338 e. The summed E-state index contributed by atoms with van der Waals surface area (Å²) in [5.74, 6) is -0.170. The average Bonchev–Trinajstić information content (AvgIpc) is 3.20. The molecule has 5 nitrogen and oxygen atoms in total. The van der Waals surface area contributed by atoms with Crippen LogP contribution in [0.5, 0.6) is 0 Å². The van der Waals surface area contributed by atoms with Crippen molar-refractivity contribution < 1.29 is 18.0 Å². The topological polar surface area (TPSA) is 61.9 Å². The molecule has 25 heavy (non-hydrogen) atoms. The third kappa shape index (κ3) is 3.54. The van der Waals surface area contributed by atoms with Crippen molar-refractivity contribution in [3.05, 3.63) is 28.8 Å². The lowest BCUT2D eigenvalue weighted by molar-refractivity contribution is -0.143. The van der Waals surface area contributed by atoms with Gasteiger partial charge in [0.05, 0.1) is 15.8 Å². The molecular formula is C16H15F3N4OS. The summed E-state index contributed by atoms with van der Waals surface area (Å²) in [7, 11) is 1.24. The summed E-state index contributed by atoms with van der Waals surface area (Å²) >= 11 is 1.13. The molecule has 3 heterocycles. The van der Waals surface area contributed by atoms with Crippen LogP contribution in [0.3, 0.4) is 0 Å². The molecular weight excluding hydrogens is 353 g/mol. The molecule has 0 atom stereocenters. The van der Waals surface area contributed by atoms with Crippen LogP contribution in [-0.2, 0) is 13.2 Å². The average molecular weight is 368 g/mol. The van der Waals surface area contributed by atoms with Crippen LogP contribution >= 0.6 is 11.3 Å². The van der Waals surface area contributed by atoms with Crippen molar-refractivity contribution in [1.29, 1.82) is 5.26 Å². The normalized spacial score (nSPS) is 16.0. The van der Waals surface area contributed by atoms with Crippen molar-refractivity contribution in [2.75, 3.05) is 13.1 Å². The van der Waals surface area contributed by atoms with Crippen LogP contribution < -0.4 is 0 Å². The van der Waals surface area contributed by atoms with Crippen LogP contribution in [0.2, 0.25) is 0 Å². The van der Waals surface area contributed by atoms with Crippen molar-refractivity contribution in [2.45, 2.75) is 19.0 Å². The Bertz CT molecular complexity index is 825. The number of carbonyl (C=O) groups is 1. The molecule has 1 aliphatic rings. The lowest BCUT2D eigenvalue weighted by atomic mass is 9.98. The Kier molecular flexibility index (Phi) is 4.56. The fourth-order valence-electron chi connectivity index (χ4n) is 2.81. The van der Waals surface area contributed by atoms with Crippen LogP contribution in [-0.4, -0.2) is 33.7 Å². The smallest absolute Gasteiger partial charge is 0.338 e. The van der Waals surface area contributed by atoms with Gasteiger partial charge in [0.25, 0.3) is 5.91 Å². The predicted octanol–water partition coefficient (Wildman–Crippen LogP) is 3.54.